The van der Waals surface area contributed by atoms with Crippen molar-refractivity contribution in [3.8, 4) is 0 Å². The molecule has 16 heavy (non-hydrogen) atoms. The van der Waals surface area contributed by atoms with Gasteiger partial charge in [0.2, 0.25) is 5.91 Å². The first-order chi connectivity index (χ1) is 7.67. The average molecular weight is 246 g/mol. The van der Waals surface area contributed by atoms with Gasteiger partial charge in [-0.05, 0) is 19.1 Å². The van der Waals surface area contributed by atoms with Gasteiger partial charge in [0.1, 0.15) is 0 Å². The second-order valence-electron chi connectivity index (χ2n) is 4.12. The molecule has 1 rings (SSSR count). The summed E-state index contributed by atoms with van der Waals surface area (Å²) >= 11 is 1.85. The van der Waals surface area contributed by atoms with Gasteiger partial charge in [0, 0.05) is 25.4 Å². The highest BCUT2D eigenvalue weighted by Crippen LogP contribution is 2.10. The molecule has 3 unspecified atom stereocenters. The zero-order valence-corrected chi connectivity index (χ0v) is 11.1. The van der Waals surface area contributed by atoms with Crippen LogP contribution in [0.15, 0.2) is 0 Å². The SMILES string of the molecule is CCSCC(C)NC(=O)C1CC(OC)CN1. The Morgan fingerprint density at radius 3 is 3.00 bits per heavy atom. The standard InChI is InChI=1S/C11H22N2O2S/c1-4-16-7-8(2)13-11(14)10-5-9(15-3)6-12-10/h8-10,12H,4-7H2,1-3H3,(H,13,14). The fourth-order valence-electron chi connectivity index (χ4n) is 1.76. The van der Waals surface area contributed by atoms with Crippen LogP contribution in [0.2, 0.25) is 0 Å². The molecule has 5 heteroatoms. The highest BCUT2D eigenvalue weighted by molar-refractivity contribution is 7.99. The lowest BCUT2D eigenvalue weighted by atomic mass is 10.2. The van der Waals surface area contributed by atoms with Crippen LogP contribution < -0.4 is 10.6 Å². The van der Waals surface area contributed by atoms with Crippen molar-refractivity contribution in [1.82, 2.24) is 10.6 Å². The Balaban J connectivity index is 2.24. The first-order valence-corrected chi connectivity index (χ1v) is 6.97. The number of carbonyl (C=O) groups excluding carboxylic acids is 1. The molecule has 1 aliphatic heterocycles. The number of rotatable bonds is 6. The van der Waals surface area contributed by atoms with Gasteiger partial charge < -0.3 is 15.4 Å². The van der Waals surface area contributed by atoms with Gasteiger partial charge in [-0.15, -0.1) is 0 Å². The van der Waals surface area contributed by atoms with Crippen molar-refractivity contribution >= 4 is 17.7 Å². The Kier molecular flexibility index (Phi) is 6.16. The maximum atomic E-state index is 11.8. The van der Waals surface area contributed by atoms with Gasteiger partial charge in [-0.2, -0.15) is 11.8 Å². The molecule has 94 valence electrons. The topological polar surface area (TPSA) is 50.4 Å². The lowest BCUT2D eigenvalue weighted by molar-refractivity contribution is -0.123. The van der Waals surface area contributed by atoms with E-state index in [0.29, 0.717) is 0 Å². The number of hydrogen-bond donors (Lipinski definition) is 2. The van der Waals surface area contributed by atoms with Crippen molar-refractivity contribution in [3.63, 3.8) is 0 Å². The van der Waals surface area contributed by atoms with Crippen LogP contribution in [-0.2, 0) is 9.53 Å². The van der Waals surface area contributed by atoms with E-state index in [1.807, 2.05) is 18.7 Å². The molecule has 1 heterocycles. The van der Waals surface area contributed by atoms with Crippen molar-refractivity contribution in [3.05, 3.63) is 0 Å². The summed E-state index contributed by atoms with van der Waals surface area (Å²) in [6.45, 7) is 4.94. The van der Waals surface area contributed by atoms with E-state index >= 15 is 0 Å². The zero-order valence-electron chi connectivity index (χ0n) is 10.3. The van der Waals surface area contributed by atoms with Crippen LogP contribution >= 0.6 is 11.8 Å². The Bertz CT molecular complexity index is 226. The van der Waals surface area contributed by atoms with Crippen LogP contribution in [-0.4, -0.2) is 49.3 Å². The van der Waals surface area contributed by atoms with E-state index in [0.717, 1.165) is 24.5 Å². The van der Waals surface area contributed by atoms with E-state index in [1.54, 1.807) is 7.11 Å². The van der Waals surface area contributed by atoms with Crippen molar-refractivity contribution in [2.45, 2.75) is 38.5 Å². The van der Waals surface area contributed by atoms with Crippen LogP contribution in [0.3, 0.4) is 0 Å². The summed E-state index contributed by atoms with van der Waals surface area (Å²) in [4.78, 5) is 11.8. The summed E-state index contributed by atoms with van der Waals surface area (Å²) in [5, 5.41) is 6.20. The molecule has 2 N–H and O–H groups in total. The molecule has 0 aromatic carbocycles. The van der Waals surface area contributed by atoms with Gasteiger partial charge >= 0.3 is 0 Å². The van der Waals surface area contributed by atoms with Crippen molar-refractivity contribution < 1.29 is 9.53 Å². The van der Waals surface area contributed by atoms with Gasteiger partial charge in [0.15, 0.2) is 0 Å². The zero-order chi connectivity index (χ0) is 12.0. The molecule has 1 amide bonds. The minimum absolute atomic E-state index is 0.0842. The van der Waals surface area contributed by atoms with Crippen molar-refractivity contribution in [1.29, 1.82) is 0 Å². The number of amides is 1. The van der Waals surface area contributed by atoms with Crippen molar-refractivity contribution in [2.24, 2.45) is 0 Å². The Hall–Kier alpha value is -0.260. The molecule has 0 radical (unpaired) electrons. The molecule has 4 nitrogen and oxygen atoms in total. The van der Waals surface area contributed by atoms with E-state index in [2.05, 4.69) is 17.6 Å². The third-order valence-electron chi connectivity index (χ3n) is 2.70. The molecule has 0 bridgehead atoms. The first-order valence-electron chi connectivity index (χ1n) is 5.81. The maximum Gasteiger partial charge on any atom is 0.237 e. The van der Waals surface area contributed by atoms with Gasteiger partial charge in [-0.3, -0.25) is 4.79 Å². The monoisotopic (exact) mass is 246 g/mol. The first kappa shape index (κ1) is 13.8. The fourth-order valence-corrected chi connectivity index (χ4v) is 2.43. The van der Waals surface area contributed by atoms with Crippen LogP contribution in [0.5, 0.6) is 0 Å². The van der Waals surface area contributed by atoms with Crippen LogP contribution in [0.4, 0.5) is 0 Å². The van der Waals surface area contributed by atoms with Gasteiger partial charge in [0.25, 0.3) is 0 Å². The normalized spacial score (nSPS) is 26.7. The lowest BCUT2D eigenvalue weighted by Crippen LogP contribution is -2.45. The molecule has 1 fully saturated rings. The molecule has 3 atom stereocenters. The van der Waals surface area contributed by atoms with Crippen LogP contribution in [0.25, 0.3) is 0 Å². The Morgan fingerprint density at radius 1 is 1.69 bits per heavy atom. The number of carbonyl (C=O) groups is 1. The minimum atomic E-state index is -0.0842. The summed E-state index contributed by atoms with van der Waals surface area (Å²) in [6.07, 6.45) is 0.951. The smallest absolute Gasteiger partial charge is 0.237 e. The number of methoxy groups -OCH3 is 1. The third-order valence-corrected chi connectivity index (χ3v) is 3.84. The van der Waals surface area contributed by atoms with Crippen molar-refractivity contribution in [2.75, 3.05) is 25.2 Å². The average Bonchev–Trinajstić information content (AvgIpc) is 2.74. The Labute approximate surface area is 102 Å². The fraction of sp³-hybridized carbons (Fsp3) is 0.909. The van der Waals surface area contributed by atoms with Crippen LogP contribution in [0.1, 0.15) is 20.3 Å². The number of nitrogens with one attached hydrogen (secondary N) is 2. The van der Waals surface area contributed by atoms with Crippen LogP contribution in [0, 0.1) is 0 Å². The number of thioether (sulfide) groups is 1. The second-order valence-corrected chi connectivity index (χ2v) is 5.44. The largest absolute Gasteiger partial charge is 0.380 e. The van der Waals surface area contributed by atoms with Gasteiger partial charge in [0.05, 0.1) is 12.1 Å². The predicted octanol–water partition coefficient (Wildman–Crippen LogP) is 0.621. The lowest BCUT2D eigenvalue weighted by Gasteiger charge is -2.16. The summed E-state index contributed by atoms with van der Waals surface area (Å²) in [5.41, 5.74) is 0. The summed E-state index contributed by atoms with van der Waals surface area (Å²) in [6, 6.07) is 0.153. The molecule has 0 aliphatic carbocycles. The summed E-state index contributed by atoms with van der Waals surface area (Å²) in [7, 11) is 1.69. The second kappa shape index (κ2) is 7.14. The molecular formula is C11H22N2O2S. The van der Waals surface area contributed by atoms with E-state index in [4.69, 9.17) is 4.74 Å². The number of hydrogen-bond acceptors (Lipinski definition) is 4. The molecule has 0 aromatic heterocycles. The molecule has 0 spiro atoms. The quantitative estimate of drug-likeness (QED) is 0.721. The molecule has 0 aromatic rings. The Morgan fingerprint density at radius 2 is 2.44 bits per heavy atom. The highest BCUT2D eigenvalue weighted by atomic mass is 32.2. The third kappa shape index (κ3) is 4.31. The van der Waals surface area contributed by atoms with Gasteiger partial charge in [-0.1, -0.05) is 6.92 Å². The predicted molar refractivity (Wildman–Crippen MR) is 67.8 cm³/mol. The molecule has 1 saturated heterocycles. The molecular weight excluding hydrogens is 224 g/mol. The number of ether oxygens (including phenoxy) is 1. The highest BCUT2D eigenvalue weighted by Gasteiger charge is 2.29. The molecule has 0 saturated carbocycles. The van der Waals surface area contributed by atoms with E-state index in [-0.39, 0.29) is 24.1 Å². The molecule has 1 aliphatic rings. The van der Waals surface area contributed by atoms with E-state index in [1.165, 1.54) is 0 Å². The summed E-state index contributed by atoms with van der Waals surface area (Å²) < 4.78 is 5.21. The van der Waals surface area contributed by atoms with Gasteiger partial charge in [-0.25, -0.2) is 0 Å². The maximum absolute atomic E-state index is 11.8. The summed E-state index contributed by atoms with van der Waals surface area (Å²) in [5.74, 6) is 2.17. The van der Waals surface area contributed by atoms with E-state index < -0.39 is 0 Å². The minimum Gasteiger partial charge on any atom is -0.380 e. The van der Waals surface area contributed by atoms with E-state index in [9.17, 15) is 4.79 Å².